The van der Waals surface area contributed by atoms with Gasteiger partial charge < -0.3 is 15.7 Å². The molecule has 0 amide bonds. The van der Waals surface area contributed by atoms with Crippen LogP contribution in [0.4, 0.5) is 0 Å². The van der Waals surface area contributed by atoms with Gasteiger partial charge in [-0.2, -0.15) is 0 Å². The Kier molecular flexibility index (Phi) is 3.48. The lowest BCUT2D eigenvalue weighted by molar-refractivity contribution is 0.0959. The van der Waals surface area contributed by atoms with Gasteiger partial charge in [-0.25, -0.2) is 4.79 Å². The van der Waals surface area contributed by atoms with E-state index < -0.39 is 23.1 Å². The predicted molar refractivity (Wildman–Crippen MR) is 82.0 cm³/mol. The van der Waals surface area contributed by atoms with Crippen molar-refractivity contribution in [2.75, 3.05) is 0 Å². The maximum absolute atomic E-state index is 12.3. The maximum Gasteiger partial charge on any atom is 0.325 e. The van der Waals surface area contributed by atoms with Gasteiger partial charge in [-0.3, -0.25) is 14.6 Å². The summed E-state index contributed by atoms with van der Waals surface area (Å²) >= 11 is 0. The molecule has 0 saturated heterocycles. The van der Waals surface area contributed by atoms with Gasteiger partial charge in [0.15, 0.2) is 5.78 Å². The Labute approximate surface area is 124 Å². The Bertz CT molecular complexity index is 951. The molecule has 22 heavy (non-hydrogen) atoms. The topological polar surface area (TPSA) is 125 Å². The summed E-state index contributed by atoms with van der Waals surface area (Å²) in [6.07, 6.45) is 3.19. The van der Waals surface area contributed by atoms with Crippen LogP contribution in [0.2, 0.25) is 0 Å². The first-order valence-electron chi connectivity index (χ1n) is 6.73. The number of hydrogen-bond donors (Lipinski definition) is 4. The molecule has 0 aliphatic rings. The van der Waals surface area contributed by atoms with E-state index in [1.165, 1.54) is 0 Å². The summed E-state index contributed by atoms with van der Waals surface area (Å²) in [7, 11) is 0. The van der Waals surface area contributed by atoms with Gasteiger partial charge in [0, 0.05) is 23.3 Å². The number of carbonyl (C=O) groups excluding carboxylic acids is 1. The van der Waals surface area contributed by atoms with Crippen molar-refractivity contribution in [1.29, 1.82) is 0 Å². The highest BCUT2D eigenvalue weighted by Crippen LogP contribution is 2.19. The van der Waals surface area contributed by atoms with Crippen molar-refractivity contribution in [2.24, 2.45) is 5.73 Å². The third kappa shape index (κ3) is 2.49. The number of carbonyl (C=O) groups is 1. The second kappa shape index (κ2) is 5.45. The molecule has 5 N–H and O–H groups in total. The fourth-order valence-corrected chi connectivity index (χ4v) is 2.42. The van der Waals surface area contributed by atoms with Crippen molar-refractivity contribution in [3.8, 4) is 0 Å². The number of nitrogens with two attached hydrogens (primary N) is 1. The number of nitrogens with one attached hydrogen (secondary N) is 3. The Morgan fingerprint density at radius 3 is 2.68 bits per heavy atom. The zero-order valence-electron chi connectivity index (χ0n) is 11.6. The predicted octanol–water partition coefficient (Wildman–Crippen LogP) is 0.297. The number of benzene rings is 1. The highest BCUT2D eigenvalue weighted by atomic mass is 16.2. The minimum absolute atomic E-state index is 0.146. The number of Topliss-reactive ketones (excluding diaryl/α,β-unsaturated/α-hetero) is 1. The first-order valence-corrected chi connectivity index (χ1v) is 6.73. The summed E-state index contributed by atoms with van der Waals surface area (Å²) in [5.41, 5.74) is 6.25. The fourth-order valence-electron chi connectivity index (χ4n) is 2.42. The number of aromatic amines is 3. The van der Waals surface area contributed by atoms with Crippen LogP contribution in [0.1, 0.15) is 15.9 Å². The second-order valence-electron chi connectivity index (χ2n) is 5.02. The average Bonchev–Trinajstić information content (AvgIpc) is 2.90. The van der Waals surface area contributed by atoms with Gasteiger partial charge >= 0.3 is 5.69 Å². The molecule has 112 valence electrons. The first kappa shape index (κ1) is 14.0. The third-order valence-electron chi connectivity index (χ3n) is 3.54. The number of rotatable bonds is 4. The second-order valence-corrected chi connectivity index (χ2v) is 5.02. The van der Waals surface area contributed by atoms with Crippen LogP contribution in [0.25, 0.3) is 10.9 Å². The van der Waals surface area contributed by atoms with E-state index in [-0.39, 0.29) is 5.56 Å². The van der Waals surface area contributed by atoms with Crippen LogP contribution in [0, 0.1) is 0 Å². The third-order valence-corrected chi connectivity index (χ3v) is 3.54. The molecule has 0 spiro atoms. The van der Waals surface area contributed by atoms with E-state index >= 15 is 0 Å². The molecular weight excluding hydrogens is 284 g/mol. The first-order chi connectivity index (χ1) is 10.6. The van der Waals surface area contributed by atoms with Gasteiger partial charge in [0.05, 0.1) is 6.04 Å². The van der Waals surface area contributed by atoms with Gasteiger partial charge in [-0.15, -0.1) is 0 Å². The molecule has 1 aromatic carbocycles. The highest BCUT2D eigenvalue weighted by Gasteiger charge is 2.20. The van der Waals surface area contributed by atoms with Crippen molar-refractivity contribution in [3.63, 3.8) is 0 Å². The molecule has 0 fully saturated rings. The molecule has 0 aliphatic carbocycles. The van der Waals surface area contributed by atoms with E-state index in [0.29, 0.717) is 6.42 Å². The molecule has 7 nitrogen and oxygen atoms in total. The van der Waals surface area contributed by atoms with E-state index in [9.17, 15) is 14.4 Å². The van der Waals surface area contributed by atoms with Crippen LogP contribution < -0.4 is 17.0 Å². The molecule has 3 rings (SSSR count). The molecule has 2 heterocycles. The molecule has 0 radical (unpaired) electrons. The smallest absolute Gasteiger partial charge is 0.325 e. The minimum atomic E-state index is -0.869. The lowest BCUT2D eigenvalue weighted by Gasteiger charge is -2.09. The molecular formula is C15H14N4O3. The van der Waals surface area contributed by atoms with Crippen LogP contribution >= 0.6 is 0 Å². The molecule has 3 aromatic rings. The SMILES string of the molecule is N[C@@H](Cc1c[nH]c2ccccc12)C(=O)c1c[nH]c(=O)[nH]c1=O. The van der Waals surface area contributed by atoms with Gasteiger partial charge in [0.1, 0.15) is 5.56 Å². The largest absolute Gasteiger partial charge is 0.361 e. The molecule has 0 bridgehead atoms. The monoisotopic (exact) mass is 298 g/mol. The summed E-state index contributed by atoms with van der Waals surface area (Å²) < 4.78 is 0. The standard InChI is InChI=1S/C15H14N4O3/c16-11(13(20)10-7-18-15(22)19-14(10)21)5-8-6-17-12-4-2-1-3-9(8)12/h1-4,6-7,11,17H,5,16H2,(H2,18,19,21,22)/t11-/m0/s1. The van der Waals surface area contributed by atoms with Gasteiger partial charge in [-0.05, 0) is 18.1 Å². The lowest BCUT2D eigenvalue weighted by atomic mass is 9.99. The van der Waals surface area contributed by atoms with Gasteiger partial charge in [0.25, 0.3) is 5.56 Å². The Morgan fingerprint density at radius 1 is 1.14 bits per heavy atom. The van der Waals surface area contributed by atoms with E-state index in [1.807, 2.05) is 29.2 Å². The zero-order valence-corrected chi connectivity index (χ0v) is 11.6. The number of fused-ring (bicyclic) bond motifs is 1. The number of para-hydroxylation sites is 1. The highest BCUT2D eigenvalue weighted by molar-refractivity contribution is 5.99. The summed E-state index contributed by atoms with van der Waals surface area (Å²) in [6.45, 7) is 0. The van der Waals surface area contributed by atoms with Crippen molar-refractivity contribution < 1.29 is 4.79 Å². The van der Waals surface area contributed by atoms with Crippen molar-refractivity contribution in [1.82, 2.24) is 15.0 Å². The number of H-pyrrole nitrogens is 3. The molecule has 7 heteroatoms. The summed E-state index contributed by atoms with van der Waals surface area (Å²) in [5.74, 6) is -0.511. The average molecular weight is 298 g/mol. The van der Waals surface area contributed by atoms with Crippen molar-refractivity contribution in [2.45, 2.75) is 12.5 Å². The summed E-state index contributed by atoms with van der Waals surface area (Å²) in [6, 6.07) is 6.81. The van der Waals surface area contributed by atoms with Gasteiger partial charge in [-0.1, -0.05) is 18.2 Å². The molecule has 0 saturated carbocycles. The van der Waals surface area contributed by atoms with E-state index in [4.69, 9.17) is 5.73 Å². The van der Waals surface area contributed by atoms with Crippen LogP contribution in [0.3, 0.4) is 0 Å². The van der Waals surface area contributed by atoms with Gasteiger partial charge in [0.2, 0.25) is 0 Å². The van der Waals surface area contributed by atoms with Crippen molar-refractivity contribution in [3.05, 3.63) is 68.6 Å². The van der Waals surface area contributed by atoms with Crippen molar-refractivity contribution >= 4 is 16.7 Å². The Morgan fingerprint density at radius 2 is 1.91 bits per heavy atom. The minimum Gasteiger partial charge on any atom is -0.361 e. The molecule has 0 aliphatic heterocycles. The van der Waals surface area contributed by atoms with E-state index in [2.05, 4.69) is 9.97 Å². The number of hydrogen-bond acceptors (Lipinski definition) is 4. The summed E-state index contributed by atoms with van der Waals surface area (Å²) in [4.78, 5) is 42.3. The molecule has 2 aromatic heterocycles. The lowest BCUT2D eigenvalue weighted by Crippen LogP contribution is -2.37. The van der Waals surface area contributed by atoms with Crippen LogP contribution in [0.5, 0.6) is 0 Å². The quantitative estimate of drug-likeness (QED) is 0.517. The summed E-state index contributed by atoms with van der Waals surface area (Å²) in [5, 5.41) is 0.987. The van der Waals surface area contributed by atoms with Crippen LogP contribution in [-0.4, -0.2) is 26.8 Å². The molecule has 0 unspecified atom stereocenters. The van der Waals surface area contributed by atoms with Crippen LogP contribution in [-0.2, 0) is 6.42 Å². The van der Waals surface area contributed by atoms with E-state index in [1.54, 1.807) is 6.20 Å². The Balaban J connectivity index is 1.88. The van der Waals surface area contributed by atoms with E-state index in [0.717, 1.165) is 22.7 Å². The normalized spacial score (nSPS) is 12.4. The fraction of sp³-hybridized carbons (Fsp3) is 0.133. The van der Waals surface area contributed by atoms with Crippen LogP contribution in [0.15, 0.2) is 46.2 Å². The Hall–Kier alpha value is -2.93. The maximum atomic E-state index is 12.3. The number of aromatic nitrogens is 3. The molecule has 1 atom stereocenters. The number of ketones is 1. The zero-order chi connectivity index (χ0) is 15.7.